The summed E-state index contributed by atoms with van der Waals surface area (Å²) in [6.07, 6.45) is 1.21. The Bertz CT molecular complexity index is 1550. The van der Waals surface area contributed by atoms with Gasteiger partial charge in [-0.05, 0) is 55.5 Å². The maximum absolute atomic E-state index is 11.9. The summed E-state index contributed by atoms with van der Waals surface area (Å²) in [7, 11) is -3.27. The van der Waals surface area contributed by atoms with Crippen molar-refractivity contribution in [1.82, 2.24) is 9.97 Å². The lowest BCUT2D eigenvalue weighted by Crippen LogP contribution is -1.96. The largest absolute Gasteiger partial charge is 0.457 e. The van der Waals surface area contributed by atoms with Crippen LogP contribution in [0.2, 0.25) is 0 Å². The second-order valence-corrected chi connectivity index (χ2v) is 10.4. The van der Waals surface area contributed by atoms with Crippen LogP contribution >= 0.6 is 0 Å². The van der Waals surface area contributed by atoms with Crippen molar-refractivity contribution >= 4 is 9.84 Å². The number of imidazole rings is 1. The Morgan fingerprint density at radius 2 is 1.26 bits per heavy atom. The summed E-state index contributed by atoms with van der Waals surface area (Å²) in [5.74, 6) is 2.23. The second-order valence-electron chi connectivity index (χ2n) is 8.41. The van der Waals surface area contributed by atoms with Gasteiger partial charge in [0, 0.05) is 22.9 Å². The van der Waals surface area contributed by atoms with Crippen LogP contribution in [0.25, 0.3) is 33.9 Å². The fourth-order valence-electron chi connectivity index (χ4n) is 3.81. The summed E-state index contributed by atoms with van der Waals surface area (Å²) < 4.78 is 29.7. The normalized spacial score (nSPS) is 11.4. The number of sulfone groups is 1. The molecule has 0 fully saturated rings. The van der Waals surface area contributed by atoms with Gasteiger partial charge in [-0.3, -0.25) is 0 Å². The summed E-state index contributed by atoms with van der Waals surface area (Å²) in [5, 5.41) is 0. The molecule has 0 saturated carbocycles. The molecule has 0 radical (unpaired) electrons. The lowest BCUT2D eigenvalue weighted by atomic mass is 10.0. The van der Waals surface area contributed by atoms with E-state index < -0.39 is 9.84 Å². The Morgan fingerprint density at radius 1 is 0.686 bits per heavy atom. The lowest BCUT2D eigenvalue weighted by Gasteiger charge is -2.05. The van der Waals surface area contributed by atoms with Gasteiger partial charge in [-0.15, -0.1) is 0 Å². The Morgan fingerprint density at radius 3 is 1.89 bits per heavy atom. The number of para-hydroxylation sites is 1. The molecule has 0 saturated heterocycles. The van der Waals surface area contributed by atoms with Gasteiger partial charge in [0.05, 0.1) is 16.3 Å². The first kappa shape index (κ1) is 22.6. The quantitative estimate of drug-likeness (QED) is 0.286. The van der Waals surface area contributed by atoms with Crippen molar-refractivity contribution in [3.05, 3.63) is 109 Å². The molecule has 0 atom stereocenters. The zero-order chi connectivity index (χ0) is 24.4. The molecule has 0 aliphatic rings. The second kappa shape index (κ2) is 9.24. The molecule has 0 unspecified atom stereocenters. The number of rotatable bonds is 6. The molecular formula is C29H24N2O3S. The number of nitrogens with zero attached hydrogens (tertiary/aromatic N) is 1. The Kier molecular flexibility index (Phi) is 5.97. The van der Waals surface area contributed by atoms with E-state index in [1.807, 2.05) is 61.5 Å². The SMILES string of the molecule is Cc1ccc(-c2[nH]c(-c3ccc(Oc4ccccc4)cc3)nc2-c2ccc(S(C)(=O)=O)cc2)cc1. The Hall–Kier alpha value is -4.16. The van der Waals surface area contributed by atoms with Crippen molar-refractivity contribution < 1.29 is 13.2 Å². The summed E-state index contributed by atoms with van der Waals surface area (Å²) in [6, 6.07) is 32.5. The number of ether oxygens (including phenoxy) is 1. The molecule has 0 aliphatic heterocycles. The van der Waals surface area contributed by atoms with Crippen molar-refractivity contribution in [3.63, 3.8) is 0 Å². The predicted octanol–water partition coefficient (Wildman–Crippen LogP) is 6.91. The van der Waals surface area contributed by atoms with Gasteiger partial charge in [0.2, 0.25) is 0 Å². The van der Waals surface area contributed by atoms with E-state index in [1.54, 1.807) is 24.3 Å². The smallest absolute Gasteiger partial charge is 0.175 e. The first-order valence-electron chi connectivity index (χ1n) is 11.2. The fourth-order valence-corrected chi connectivity index (χ4v) is 4.44. The zero-order valence-corrected chi connectivity index (χ0v) is 20.2. The third-order valence-electron chi connectivity index (χ3n) is 5.71. The predicted molar refractivity (Wildman–Crippen MR) is 139 cm³/mol. The summed E-state index contributed by atoms with van der Waals surface area (Å²) in [6.45, 7) is 2.05. The van der Waals surface area contributed by atoms with Crippen LogP contribution in [-0.4, -0.2) is 24.6 Å². The van der Waals surface area contributed by atoms with Gasteiger partial charge in [0.1, 0.15) is 17.3 Å². The molecule has 1 aromatic heterocycles. The highest BCUT2D eigenvalue weighted by Gasteiger charge is 2.16. The van der Waals surface area contributed by atoms with Gasteiger partial charge in [-0.25, -0.2) is 13.4 Å². The van der Waals surface area contributed by atoms with E-state index in [0.717, 1.165) is 39.6 Å². The van der Waals surface area contributed by atoms with E-state index in [4.69, 9.17) is 9.72 Å². The molecule has 0 spiro atoms. The first-order chi connectivity index (χ1) is 16.9. The van der Waals surface area contributed by atoms with Gasteiger partial charge in [-0.1, -0.05) is 60.2 Å². The van der Waals surface area contributed by atoms with Crippen molar-refractivity contribution in [1.29, 1.82) is 0 Å². The van der Waals surface area contributed by atoms with E-state index in [-0.39, 0.29) is 4.90 Å². The molecule has 0 amide bonds. The maximum atomic E-state index is 11.9. The minimum absolute atomic E-state index is 0.280. The van der Waals surface area contributed by atoms with Gasteiger partial charge in [0.15, 0.2) is 9.84 Å². The van der Waals surface area contributed by atoms with E-state index >= 15 is 0 Å². The van der Waals surface area contributed by atoms with E-state index in [2.05, 4.69) is 29.2 Å². The molecule has 0 aliphatic carbocycles. The number of hydrogen-bond donors (Lipinski definition) is 1. The highest BCUT2D eigenvalue weighted by Crippen LogP contribution is 2.34. The van der Waals surface area contributed by atoms with E-state index in [9.17, 15) is 8.42 Å². The molecular weight excluding hydrogens is 456 g/mol. The molecule has 1 N–H and O–H groups in total. The number of aromatic amines is 1. The van der Waals surface area contributed by atoms with Crippen molar-refractivity contribution in [3.8, 4) is 45.4 Å². The van der Waals surface area contributed by atoms with Crippen molar-refractivity contribution in [2.75, 3.05) is 6.26 Å². The molecule has 5 rings (SSSR count). The first-order valence-corrected chi connectivity index (χ1v) is 13.1. The molecule has 5 nitrogen and oxygen atoms in total. The average Bonchev–Trinajstić information content (AvgIpc) is 3.31. The molecule has 174 valence electrons. The molecule has 6 heteroatoms. The van der Waals surface area contributed by atoms with Gasteiger partial charge < -0.3 is 9.72 Å². The molecule has 1 heterocycles. The van der Waals surface area contributed by atoms with Crippen LogP contribution in [0.5, 0.6) is 11.5 Å². The van der Waals surface area contributed by atoms with Crippen LogP contribution in [0.3, 0.4) is 0 Å². The van der Waals surface area contributed by atoms with Crippen LogP contribution in [0.1, 0.15) is 5.56 Å². The van der Waals surface area contributed by atoms with Gasteiger partial charge in [0.25, 0.3) is 0 Å². The number of benzene rings is 4. The number of aryl methyl sites for hydroxylation is 1. The van der Waals surface area contributed by atoms with E-state index in [1.165, 1.54) is 11.8 Å². The lowest BCUT2D eigenvalue weighted by molar-refractivity contribution is 0.483. The maximum Gasteiger partial charge on any atom is 0.175 e. The summed E-state index contributed by atoms with van der Waals surface area (Å²) in [5.41, 5.74) is 5.55. The molecule has 0 bridgehead atoms. The molecule has 5 aromatic rings. The minimum Gasteiger partial charge on any atom is -0.457 e. The monoisotopic (exact) mass is 480 g/mol. The number of hydrogen-bond acceptors (Lipinski definition) is 4. The van der Waals surface area contributed by atoms with Gasteiger partial charge >= 0.3 is 0 Å². The van der Waals surface area contributed by atoms with Crippen LogP contribution in [-0.2, 0) is 9.84 Å². The summed E-state index contributed by atoms with van der Waals surface area (Å²) in [4.78, 5) is 8.67. The Balaban J connectivity index is 1.53. The van der Waals surface area contributed by atoms with Crippen molar-refractivity contribution in [2.24, 2.45) is 0 Å². The van der Waals surface area contributed by atoms with Crippen LogP contribution in [0, 0.1) is 6.92 Å². The van der Waals surface area contributed by atoms with Gasteiger partial charge in [-0.2, -0.15) is 0 Å². The highest BCUT2D eigenvalue weighted by atomic mass is 32.2. The van der Waals surface area contributed by atoms with Crippen molar-refractivity contribution in [2.45, 2.75) is 11.8 Å². The highest BCUT2D eigenvalue weighted by molar-refractivity contribution is 7.90. The van der Waals surface area contributed by atoms with E-state index in [0.29, 0.717) is 5.82 Å². The van der Waals surface area contributed by atoms with Crippen LogP contribution in [0.15, 0.2) is 108 Å². The minimum atomic E-state index is -3.27. The van der Waals surface area contributed by atoms with Crippen LogP contribution < -0.4 is 4.74 Å². The van der Waals surface area contributed by atoms with Crippen LogP contribution in [0.4, 0.5) is 0 Å². The average molecular weight is 481 g/mol. The standard InChI is InChI=1S/C29H24N2O3S/c1-20-8-10-21(11-9-20)27-28(22-14-18-26(19-15-22)35(2,32)33)31-29(30-27)23-12-16-25(17-13-23)34-24-6-4-3-5-7-24/h3-19H,1-2H3,(H,30,31). The third kappa shape index (κ3) is 5.03. The molecule has 35 heavy (non-hydrogen) atoms. The topological polar surface area (TPSA) is 72.0 Å². The zero-order valence-electron chi connectivity index (χ0n) is 19.4. The molecule has 4 aromatic carbocycles. The number of aromatic nitrogens is 2. The third-order valence-corrected chi connectivity index (χ3v) is 6.84. The number of H-pyrrole nitrogens is 1. The Labute approximate surface area is 205 Å². The number of nitrogens with one attached hydrogen (secondary N) is 1. The summed E-state index contributed by atoms with van der Waals surface area (Å²) >= 11 is 0. The fraction of sp³-hybridized carbons (Fsp3) is 0.0690.